The largest absolute Gasteiger partial charge is 0.479 e. The molecule has 3 heterocycles. The van der Waals surface area contributed by atoms with Crippen LogP contribution in [-0.2, 0) is 11.3 Å². The van der Waals surface area contributed by atoms with Crippen molar-refractivity contribution in [3.63, 3.8) is 0 Å². The summed E-state index contributed by atoms with van der Waals surface area (Å²) in [6.45, 7) is -3.78. The van der Waals surface area contributed by atoms with E-state index in [9.17, 15) is 0 Å². The minimum Gasteiger partial charge on any atom is -0.479 e. The van der Waals surface area contributed by atoms with Gasteiger partial charge in [-0.05, 0) is 11.6 Å². The van der Waals surface area contributed by atoms with Crippen LogP contribution < -0.4 is 4.74 Å². The fourth-order valence-corrected chi connectivity index (χ4v) is 2.11. The first kappa shape index (κ1) is 9.49. The highest BCUT2D eigenvalue weighted by atomic mass is 35.5. The normalized spacial score (nSPS) is 24.7. The third-order valence-corrected chi connectivity index (χ3v) is 3.05. The van der Waals surface area contributed by atoms with E-state index in [1.165, 1.54) is 13.4 Å². The molecule has 0 radical (unpaired) electrons. The van der Waals surface area contributed by atoms with Crippen molar-refractivity contribution in [2.75, 3.05) is 39.9 Å². The molecule has 2 aromatic heterocycles. The molecule has 1 aliphatic rings. The lowest BCUT2D eigenvalue weighted by Crippen LogP contribution is -2.38. The second kappa shape index (κ2) is 5.90. The lowest BCUT2D eigenvalue weighted by molar-refractivity contribution is 0.0365. The molecule has 108 valence electrons. The fourth-order valence-electron chi connectivity index (χ4n) is 1.95. The Morgan fingerprint density at radius 1 is 1.40 bits per heavy atom. The number of hydrogen-bond acceptors (Lipinski definition) is 6. The molecular formula is C12H16ClN5O2. The van der Waals surface area contributed by atoms with Crippen LogP contribution >= 0.6 is 11.6 Å². The van der Waals surface area contributed by atoms with Gasteiger partial charge in [-0.2, -0.15) is 9.97 Å². The van der Waals surface area contributed by atoms with Crippen LogP contribution in [0.5, 0.6) is 5.88 Å². The third-order valence-electron chi connectivity index (χ3n) is 2.89. The highest BCUT2D eigenvalue weighted by molar-refractivity contribution is 6.28. The summed E-state index contributed by atoms with van der Waals surface area (Å²) in [6, 6.07) is 0. The predicted octanol–water partition coefficient (Wildman–Crippen LogP) is 0.820. The van der Waals surface area contributed by atoms with Crippen LogP contribution in [0.4, 0.5) is 0 Å². The predicted molar refractivity (Wildman–Crippen MR) is 74.1 cm³/mol. The smallest absolute Gasteiger partial charge is 0.244 e. The monoisotopic (exact) mass is 301 g/mol. The molecule has 0 saturated carbocycles. The van der Waals surface area contributed by atoms with Gasteiger partial charge in [0.2, 0.25) is 11.2 Å². The molecule has 0 N–H and O–H groups in total. The number of nitrogens with zero attached hydrogens (tertiary/aromatic N) is 5. The molecule has 0 aromatic carbocycles. The molecule has 20 heavy (non-hydrogen) atoms. The summed E-state index contributed by atoms with van der Waals surface area (Å²) < 4.78 is 43.8. The zero-order chi connectivity index (χ0) is 17.5. The summed E-state index contributed by atoms with van der Waals surface area (Å²) in [5, 5.41) is 0.0189. The highest BCUT2D eigenvalue weighted by Crippen LogP contribution is 2.23. The van der Waals surface area contributed by atoms with Crippen molar-refractivity contribution in [3.05, 3.63) is 11.6 Å². The number of fused-ring (bicyclic) bond motifs is 1. The first-order chi connectivity index (χ1) is 11.2. The number of rotatable bonds is 4. The summed E-state index contributed by atoms with van der Waals surface area (Å²) in [7, 11) is 1.45. The van der Waals surface area contributed by atoms with E-state index in [-0.39, 0.29) is 37.5 Å². The van der Waals surface area contributed by atoms with E-state index in [1.54, 1.807) is 4.57 Å². The maximum absolute atomic E-state index is 7.97. The van der Waals surface area contributed by atoms with Gasteiger partial charge in [-0.1, -0.05) is 0 Å². The second-order valence-corrected chi connectivity index (χ2v) is 4.41. The first-order valence-corrected chi connectivity index (χ1v) is 6.40. The molecule has 0 aliphatic carbocycles. The van der Waals surface area contributed by atoms with Crippen LogP contribution in [0, 0.1) is 0 Å². The van der Waals surface area contributed by atoms with Crippen molar-refractivity contribution >= 4 is 22.8 Å². The molecule has 7 nitrogen and oxygen atoms in total. The van der Waals surface area contributed by atoms with Gasteiger partial charge in [0.05, 0.1) is 26.7 Å². The molecule has 3 rings (SSSR count). The van der Waals surface area contributed by atoms with Crippen molar-refractivity contribution in [1.82, 2.24) is 24.4 Å². The van der Waals surface area contributed by atoms with Crippen molar-refractivity contribution in [3.8, 4) is 5.88 Å². The lowest BCUT2D eigenvalue weighted by atomic mass is 10.4. The summed E-state index contributed by atoms with van der Waals surface area (Å²) in [4.78, 5) is 13.3. The Kier molecular flexibility index (Phi) is 2.80. The van der Waals surface area contributed by atoms with Gasteiger partial charge in [0.25, 0.3) is 0 Å². The molecule has 2 aromatic rings. The van der Waals surface area contributed by atoms with Crippen LogP contribution in [0.2, 0.25) is 5.28 Å². The van der Waals surface area contributed by atoms with Gasteiger partial charge < -0.3 is 14.0 Å². The Labute approximate surface area is 127 Å². The van der Waals surface area contributed by atoms with Gasteiger partial charge >= 0.3 is 0 Å². The van der Waals surface area contributed by atoms with Gasteiger partial charge in [0.15, 0.2) is 11.2 Å². The van der Waals surface area contributed by atoms with Crippen molar-refractivity contribution in [2.45, 2.75) is 6.54 Å². The molecule has 1 aliphatic heterocycles. The van der Waals surface area contributed by atoms with Gasteiger partial charge in [-0.25, -0.2) is 4.98 Å². The molecule has 8 heteroatoms. The zero-order valence-corrected chi connectivity index (χ0v) is 11.6. The quantitative estimate of drug-likeness (QED) is 0.779. The van der Waals surface area contributed by atoms with Gasteiger partial charge in [0, 0.05) is 31.6 Å². The Morgan fingerprint density at radius 3 is 2.95 bits per heavy atom. The molecule has 0 spiro atoms. The van der Waals surface area contributed by atoms with Crippen LogP contribution in [0.15, 0.2) is 6.33 Å². The molecule has 0 bridgehead atoms. The Hall–Kier alpha value is -1.44. The Bertz CT molecular complexity index is 740. The van der Waals surface area contributed by atoms with Gasteiger partial charge in [-0.3, -0.25) is 4.90 Å². The molecule has 0 unspecified atom stereocenters. The maximum atomic E-state index is 7.97. The topological polar surface area (TPSA) is 65.3 Å². The Morgan fingerprint density at radius 2 is 2.20 bits per heavy atom. The minimum absolute atomic E-state index is 0.0189. The van der Waals surface area contributed by atoms with Crippen LogP contribution in [0.25, 0.3) is 11.2 Å². The lowest BCUT2D eigenvalue weighted by Gasteiger charge is -2.26. The Balaban J connectivity index is 1.88. The van der Waals surface area contributed by atoms with Crippen molar-refractivity contribution in [2.24, 2.45) is 0 Å². The second-order valence-electron chi connectivity index (χ2n) is 4.07. The fraction of sp³-hybridized carbons (Fsp3) is 0.583. The van der Waals surface area contributed by atoms with E-state index in [0.717, 1.165) is 4.90 Å². The van der Waals surface area contributed by atoms with Crippen molar-refractivity contribution in [1.29, 1.82) is 0 Å². The zero-order valence-electron chi connectivity index (χ0n) is 14.8. The van der Waals surface area contributed by atoms with E-state index in [0.29, 0.717) is 11.2 Å². The molecule has 0 atom stereocenters. The summed E-state index contributed by atoms with van der Waals surface area (Å²) in [6.07, 6.45) is 1.52. The van der Waals surface area contributed by atoms with Gasteiger partial charge in [-0.15, -0.1) is 0 Å². The van der Waals surface area contributed by atoms with E-state index in [4.69, 9.17) is 26.6 Å². The average molecular weight is 302 g/mol. The summed E-state index contributed by atoms with van der Waals surface area (Å²) in [5.74, 6) is 0.260. The molecule has 1 fully saturated rings. The maximum Gasteiger partial charge on any atom is 0.244 e. The number of ether oxygens (including phenoxy) is 2. The third kappa shape index (κ3) is 2.70. The van der Waals surface area contributed by atoms with E-state index >= 15 is 0 Å². The highest BCUT2D eigenvalue weighted by Gasteiger charge is 2.15. The van der Waals surface area contributed by atoms with Gasteiger partial charge in [0.1, 0.15) is 0 Å². The number of halogens is 1. The number of methoxy groups -OCH3 is 1. The number of aromatic nitrogens is 4. The molecule has 1 saturated heterocycles. The van der Waals surface area contributed by atoms with E-state index in [1.807, 2.05) is 0 Å². The van der Waals surface area contributed by atoms with Crippen LogP contribution in [-0.4, -0.2) is 64.3 Å². The summed E-state index contributed by atoms with van der Waals surface area (Å²) in [5.41, 5.74) is 0.885. The minimum atomic E-state index is -1.90. The summed E-state index contributed by atoms with van der Waals surface area (Å²) >= 11 is 5.81. The van der Waals surface area contributed by atoms with E-state index in [2.05, 4.69) is 15.0 Å². The molecule has 0 amide bonds. The molecular weight excluding hydrogens is 282 g/mol. The first-order valence-electron chi connectivity index (χ1n) is 8.02. The number of imidazole rings is 1. The number of morpholine rings is 1. The standard InChI is InChI=1S/C12H16ClN5O2/c1-19-11-9-10(15-12(13)16-11)14-8-18(9)3-2-17-4-6-20-7-5-17/h8H,2-7H2,1H3/i4D2,5D2. The van der Waals surface area contributed by atoms with E-state index < -0.39 is 13.0 Å². The average Bonchev–Trinajstić information content (AvgIpc) is 2.87. The SMILES string of the molecule is [2H]C1([2H])COCC([2H])([2H])N1CCn1cnc2nc(Cl)nc(OC)c21. The van der Waals surface area contributed by atoms with Crippen LogP contribution in [0.1, 0.15) is 5.48 Å². The van der Waals surface area contributed by atoms with Crippen LogP contribution in [0.3, 0.4) is 0 Å². The number of hydrogen-bond donors (Lipinski definition) is 0. The van der Waals surface area contributed by atoms with Crippen molar-refractivity contribution < 1.29 is 15.0 Å².